The molecule has 0 heterocycles. The summed E-state index contributed by atoms with van der Waals surface area (Å²) in [5.74, 6) is -0.926. The lowest BCUT2D eigenvalue weighted by Gasteiger charge is -2.19. The molecule has 0 unspecified atom stereocenters. The molecule has 0 spiro atoms. The third kappa shape index (κ3) is 7.53. The van der Waals surface area contributed by atoms with Crippen LogP contribution in [0.3, 0.4) is 0 Å². The van der Waals surface area contributed by atoms with E-state index in [4.69, 9.17) is 4.74 Å². The number of benzene rings is 1. The first-order valence-corrected chi connectivity index (χ1v) is 9.91. The molecule has 0 radical (unpaired) electrons. The van der Waals surface area contributed by atoms with Crippen molar-refractivity contribution in [2.24, 2.45) is 5.41 Å². The molecule has 1 aromatic rings. The van der Waals surface area contributed by atoms with Crippen molar-refractivity contribution in [3.05, 3.63) is 24.3 Å². The van der Waals surface area contributed by atoms with Crippen LogP contribution in [-0.4, -0.2) is 32.4 Å². The van der Waals surface area contributed by atoms with E-state index in [0.717, 1.165) is 0 Å². The van der Waals surface area contributed by atoms with Gasteiger partial charge in [0.05, 0.1) is 11.3 Å². The molecule has 0 aromatic heterocycles. The normalized spacial score (nSPS) is 13.3. The number of hydrogen-bond acceptors (Lipinski definition) is 5. The molecule has 146 valence electrons. The van der Waals surface area contributed by atoms with Crippen LogP contribution in [0, 0.1) is 5.41 Å². The number of sulfonamides is 1. The van der Waals surface area contributed by atoms with E-state index >= 15 is 0 Å². The van der Waals surface area contributed by atoms with Crippen molar-refractivity contribution >= 4 is 27.6 Å². The fraction of sp³-hybridized carbons (Fsp3) is 0.556. The number of anilines is 1. The SMILES string of the molecule is CC(C)NS(=O)(=O)c1ccc(NC(=O)[C@H](C)OC(=O)CC(C)(C)C)cc1. The molecule has 0 aliphatic rings. The van der Waals surface area contributed by atoms with Crippen molar-refractivity contribution in [2.75, 3.05) is 5.32 Å². The second-order valence-corrected chi connectivity index (χ2v) is 9.37. The van der Waals surface area contributed by atoms with Gasteiger partial charge in [-0.15, -0.1) is 0 Å². The first-order valence-electron chi connectivity index (χ1n) is 8.43. The third-order valence-corrected chi connectivity index (χ3v) is 4.85. The van der Waals surface area contributed by atoms with E-state index in [1.807, 2.05) is 20.8 Å². The molecule has 1 atom stereocenters. The number of carbonyl (C=O) groups excluding carboxylic acids is 2. The van der Waals surface area contributed by atoms with Crippen LogP contribution in [0.25, 0.3) is 0 Å². The Morgan fingerprint density at radius 2 is 1.62 bits per heavy atom. The average Bonchev–Trinajstić information content (AvgIpc) is 2.44. The Hall–Kier alpha value is -1.93. The lowest BCUT2D eigenvalue weighted by Crippen LogP contribution is -2.31. The standard InChI is InChI=1S/C18H28N2O5S/c1-12(2)20-26(23,24)15-9-7-14(8-10-15)19-17(22)13(3)25-16(21)11-18(4,5)6/h7-10,12-13,20H,11H2,1-6H3,(H,19,22)/t13-/m0/s1. The van der Waals surface area contributed by atoms with E-state index in [1.54, 1.807) is 13.8 Å². The molecule has 1 aromatic carbocycles. The molecule has 2 N–H and O–H groups in total. The fourth-order valence-electron chi connectivity index (χ4n) is 2.07. The molecule has 7 nitrogen and oxygen atoms in total. The van der Waals surface area contributed by atoms with Crippen molar-refractivity contribution in [2.45, 2.75) is 65.0 Å². The zero-order valence-corrected chi connectivity index (χ0v) is 16.9. The molecule has 0 saturated heterocycles. The van der Waals surface area contributed by atoms with E-state index in [2.05, 4.69) is 10.0 Å². The van der Waals surface area contributed by atoms with E-state index in [9.17, 15) is 18.0 Å². The third-order valence-electron chi connectivity index (χ3n) is 3.18. The van der Waals surface area contributed by atoms with E-state index < -0.39 is 28.0 Å². The molecule has 1 rings (SSSR count). The van der Waals surface area contributed by atoms with Crippen LogP contribution in [0.15, 0.2) is 29.2 Å². The summed E-state index contributed by atoms with van der Waals surface area (Å²) in [7, 11) is -3.59. The molecule has 0 bridgehead atoms. The molecule has 8 heteroatoms. The molecule has 0 fully saturated rings. The highest BCUT2D eigenvalue weighted by atomic mass is 32.2. The van der Waals surface area contributed by atoms with Crippen molar-refractivity contribution in [3.8, 4) is 0 Å². The maximum Gasteiger partial charge on any atom is 0.307 e. The Balaban J connectivity index is 2.69. The zero-order valence-electron chi connectivity index (χ0n) is 16.1. The van der Waals surface area contributed by atoms with Crippen LogP contribution in [-0.2, 0) is 24.3 Å². The van der Waals surface area contributed by atoms with E-state index in [0.29, 0.717) is 5.69 Å². The second kappa shape index (κ2) is 8.64. The van der Waals surface area contributed by atoms with Gasteiger partial charge in [0.1, 0.15) is 0 Å². The molecule has 1 amide bonds. The zero-order chi connectivity index (χ0) is 20.1. The van der Waals surface area contributed by atoms with Gasteiger partial charge in [0.2, 0.25) is 10.0 Å². The van der Waals surface area contributed by atoms with Crippen LogP contribution in [0.2, 0.25) is 0 Å². The van der Waals surface area contributed by atoms with Crippen LogP contribution >= 0.6 is 0 Å². The maximum atomic E-state index is 12.1. The van der Waals surface area contributed by atoms with Gasteiger partial charge in [0.25, 0.3) is 5.91 Å². The minimum absolute atomic E-state index is 0.105. The van der Waals surface area contributed by atoms with Gasteiger partial charge in [-0.3, -0.25) is 9.59 Å². The predicted octanol–water partition coefficient (Wildman–Crippen LogP) is 2.68. The summed E-state index contributed by atoms with van der Waals surface area (Å²) in [6.45, 7) is 10.7. The van der Waals surface area contributed by atoms with Crippen molar-refractivity contribution in [1.82, 2.24) is 4.72 Å². The van der Waals surface area contributed by atoms with Gasteiger partial charge in [0, 0.05) is 11.7 Å². The molecule has 26 heavy (non-hydrogen) atoms. The lowest BCUT2D eigenvalue weighted by molar-refractivity contribution is -0.154. The molecule has 0 aliphatic heterocycles. The summed E-state index contributed by atoms with van der Waals surface area (Å²) in [5, 5.41) is 2.60. The summed E-state index contributed by atoms with van der Waals surface area (Å²) in [4.78, 5) is 24.0. The van der Waals surface area contributed by atoms with Crippen LogP contribution in [0.1, 0.15) is 48.0 Å². The Kier molecular flexibility index (Phi) is 7.35. The Morgan fingerprint density at radius 1 is 1.08 bits per heavy atom. The van der Waals surface area contributed by atoms with E-state index in [-0.39, 0.29) is 22.8 Å². The van der Waals surface area contributed by atoms with Crippen LogP contribution in [0.5, 0.6) is 0 Å². The quantitative estimate of drug-likeness (QED) is 0.704. The number of nitrogens with one attached hydrogen (secondary N) is 2. The topological polar surface area (TPSA) is 102 Å². The average molecular weight is 384 g/mol. The molecule has 0 saturated carbocycles. The number of ether oxygens (including phenoxy) is 1. The Labute approximate surface area is 155 Å². The monoisotopic (exact) mass is 384 g/mol. The van der Waals surface area contributed by atoms with Crippen molar-refractivity contribution in [3.63, 3.8) is 0 Å². The summed E-state index contributed by atoms with van der Waals surface area (Å²) >= 11 is 0. The molecular weight excluding hydrogens is 356 g/mol. The first-order chi connectivity index (χ1) is 11.8. The maximum absolute atomic E-state index is 12.1. The smallest absolute Gasteiger partial charge is 0.307 e. The summed E-state index contributed by atoms with van der Waals surface area (Å²) in [6, 6.07) is 5.54. The fourth-order valence-corrected chi connectivity index (χ4v) is 3.32. The predicted molar refractivity (Wildman–Crippen MR) is 100 cm³/mol. The minimum atomic E-state index is -3.59. The van der Waals surface area contributed by atoms with Gasteiger partial charge in [-0.25, -0.2) is 13.1 Å². The van der Waals surface area contributed by atoms with Crippen molar-refractivity contribution < 1.29 is 22.7 Å². The number of carbonyl (C=O) groups is 2. The van der Waals surface area contributed by atoms with Crippen LogP contribution in [0.4, 0.5) is 5.69 Å². The minimum Gasteiger partial charge on any atom is -0.453 e. The largest absolute Gasteiger partial charge is 0.453 e. The van der Waals surface area contributed by atoms with Crippen LogP contribution < -0.4 is 10.0 Å². The molecule has 0 aliphatic carbocycles. The number of esters is 1. The summed E-state index contributed by atoms with van der Waals surface area (Å²) < 4.78 is 31.7. The van der Waals surface area contributed by atoms with Gasteiger partial charge in [0.15, 0.2) is 6.10 Å². The first kappa shape index (κ1) is 22.1. The highest BCUT2D eigenvalue weighted by Crippen LogP contribution is 2.20. The number of rotatable bonds is 7. The van der Waals surface area contributed by atoms with Gasteiger partial charge in [-0.2, -0.15) is 0 Å². The van der Waals surface area contributed by atoms with Gasteiger partial charge >= 0.3 is 5.97 Å². The lowest BCUT2D eigenvalue weighted by atomic mass is 9.92. The Morgan fingerprint density at radius 3 is 2.08 bits per heavy atom. The highest BCUT2D eigenvalue weighted by Gasteiger charge is 2.22. The summed E-state index contributed by atoms with van der Waals surface area (Å²) in [6.07, 6.45) is -0.740. The summed E-state index contributed by atoms with van der Waals surface area (Å²) in [5.41, 5.74) is 0.191. The van der Waals surface area contributed by atoms with E-state index in [1.165, 1.54) is 31.2 Å². The second-order valence-electron chi connectivity index (χ2n) is 7.66. The molecular formula is C18H28N2O5S. The Bertz CT molecular complexity index is 734. The van der Waals surface area contributed by atoms with Gasteiger partial charge in [-0.1, -0.05) is 20.8 Å². The number of amides is 1. The highest BCUT2D eigenvalue weighted by molar-refractivity contribution is 7.89. The van der Waals surface area contributed by atoms with Crippen molar-refractivity contribution in [1.29, 1.82) is 0 Å². The van der Waals surface area contributed by atoms with Gasteiger partial charge in [-0.05, 0) is 50.5 Å². The number of hydrogen-bond donors (Lipinski definition) is 2. The van der Waals surface area contributed by atoms with Gasteiger partial charge < -0.3 is 10.1 Å².